The zero-order chi connectivity index (χ0) is 13.5. The van der Waals surface area contributed by atoms with Crippen LogP contribution >= 0.6 is 12.2 Å². The van der Waals surface area contributed by atoms with Crippen LogP contribution in [-0.4, -0.2) is 14.8 Å². The fraction of sp³-hybridized carbons (Fsp3) is 0.467. The normalized spacial score (nSPS) is 21.7. The van der Waals surface area contributed by atoms with Crippen molar-refractivity contribution in [2.45, 2.75) is 39.0 Å². The Balaban J connectivity index is 2.12. The number of H-pyrrole nitrogens is 1. The van der Waals surface area contributed by atoms with Crippen LogP contribution in [0.5, 0.6) is 0 Å². The van der Waals surface area contributed by atoms with Gasteiger partial charge in [0.25, 0.3) is 0 Å². The number of aromatic amines is 1. The van der Waals surface area contributed by atoms with Crippen molar-refractivity contribution in [1.29, 1.82) is 0 Å². The summed E-state index contributed by atoms with van der Waals surface area (Å²) >= 11 is 5.41. The van der Waals surface area contributed by atoms with Crippen molar-refractivity contribution in [3.05, 3.63) is 40.9 Å². The van der Waals surface area contributed by atoms with Crippen LogP contribution in [0.2, 0.25) is 0 Å². The first kappa shape index (κ1) is 12.6. The third kappa shape index (κ3) is 2.14. The van der Waals surface area contributed by atoms with Crippen LogP contribution in [0.15, 0.2) is 30.3 Å². The molecule has 1 aliphatic carbocycles. The molecule has 0 aliphatic heterocycles. The Labute approximate surface area is 118 Å². The topological polar surface area (TPSA) is 33.6 Å². The molecule has 3 rings (SSSR count). The van der Waals surface area contributed by atoms with E-state index in [1.54, 1.807) is 0 Å². The zero-order valence-corrected chi connectivity index (χ0v) is 12.2. The smallest absolute Gasteiger partial charge is 0.199 e. The van der Waals surface area contributed by atoms with Gasteiger partial charge >= 0.3 is 0 Å². The number of para-hydroxylation sites is 1. The fourth-order valence-corrected chi connectivity index (χ4v) is 3.42. The molecule has 19 heavy (non-hydrogen) atoms. The number of hydrogen-bond acceptors (Lipinski definition) is 2. The van der Waals surface area contributed by atoms with E-state index in [1.807, 2.05) is 18.2 Å². The second kappa shape index (κ2) is 4.60. The number of rotatable bonds is 2. The molecule has 1 aromatic heterocycles. The van der Waals surface area contributed by atoms with Crippen molar-refractivity contribution in [3.8, 4) is 5.69 Å². The molecule has 1 saturated carbocycles. The predicted octanol–water partition coefficient (Wildman–Crippen LogP) is 4.22. The van der Waals surface area contributed by atoms with E-state index in [2.05, 4.69) is 40.7 Å². The Morgan fingerprint density at radius 2 is 2.05 bits per heavy atom. The third-order valence-electron chi connectivity index (χ3n) is 4.28. The monoisotopic (exact) mass is 273 g/mol. The van der Waals surface area contributed by atoms with Gasteiger partial charge in [-0.3, -0.25) is 9.67 Å². The summed E-state index contributed by atoms with van der Waals surface area (Å²) in [5, 5.41) is 7.48. The van der Waals surface area contributed by atoms with E-state index in [1.165, 1.54) is 19.3 Å². The molecule has 1 N–H and O–H groups in total. The van der Waals surface area contributed by atoms with Gasteiger partial charge in [0, 0.05) is 11.6 Å². The number of hydrogen-bond donors (Lipinski definition) is 1. The van der Waals surface area contributed by atoms with E-state index in [-0.39, 0.29) is 0 Å². The highest BCUT2D eigenvalue weighted by Gasteiger charge is 2.38. The molecule has 1 unspecified atom stereocenters. The van der Waals surface area contributed by atoms with E-state index in [9.17, 15) is 0 Å². The van der Waals surface area contributed by atoms with Gasteiger partial charge in [0.05, 0.1) is 0 Å². The van der Waals surface area contributed by atoms with Gasteiger partial charge in [-0.05, 0) is 42.6 Å². The Morgan fingerprint density at radius 3 is 2.68 bits per heavy atom. The van der Waals surface area contributed by atoms with Crippen LogP contribution in [0.4, 0.5) is 0 Å². The number of benzene rings is 1. The van der Waals surface area contributed by atoms with Gasteiger partial charge in [-0.25, -0.2) is 0 Å². The van der Waals surface area contributed by atoms with E-state index >= 15 is 0 Å². The van der Waals surface area contributed by atoms with Crippen LogP contribution in [0.25, 0.3) is 5.69 Å². The maximum absolute atomic E-state index is 5.41. The first-order valence-electron chi connectivity index (χ1n) is 6.82. The standard InChI is InChI=1S/C15H19N3S/c1-15(2)10-6-9-12(15)13-16-17-14(19)18(13)11-7-4-3-5-8-11/h3-5,7-8,12H,6,9-10H2,1-2H3,(H,17,19). The molecule has 1 fully saturated rings. The lowest BCUT2D eigenvalue weighted by atomic mass is 9.81. The minimum atomic E-state index is 0.299. The van der Waals surface area contributed by atoms with E-state index in [0.29, 0.717) is 16.1 Å². The molecule has 0 amide bonds. The zero-order valence-electron chi connectivity index (χ0n) is 11.4. The third-order valence-corrected chi connectivity index (χ3v) is 4.56. The van der Waals surface area contributed by atoms with Crippen molar-refractivity contribution < 1.29 is 0 Å². The summed E-state index contributed by atoms with van der Waals surface area (Å²) in [4.78, 5) is 0. The van der Waals surface area contributed by atoms with Crippen molar-refractivity contribution in [2.75, 3.05) is 0 Å². The quantitative estimate of drug-likeness (QED) is 0.831. The van der Waals surface area contributed by atoms with E-state index < -0.39 is 0 Å². The van der Waals surface area contributed by atoms with Crippen molar-refractivity contribution >= 4 is 12.2 Å². The predicted molar refractivity (Wildman–Crippen MR) is 79.1 cm³/mol. The van der Waals surface area contributed by atoms with Gasteiger partial charge < -0.3 is 0 Å². The number of nitrogens with zero attached hydrogens (tertiary/aromatic N) is 2. The molecule has 4 heteroatoms. The molecule has 1 aromatic carbocycles. The van der Waals surface area contributed by atoms with Gasteiger partial charge in [0.1, 0.15) is 5.82 Å². The molecule has 0 saturated heterocycles. The highest BCUT2D eigenvalue weighted by atomic mass is 32.1. The molecule has 100 valence electrons. The van der Waals surface area contributed by atoms with Crippen LogP contribution in [0, 0.1) is 10.2 Å². The van der Waals surface area contributed by atoms with E-state index in [0.717, 1.165) is 11.5 Å². The van der Waals surface area contributed by atoms with Crippen LogP contribution < -0.4 is 0 Å². The van der Waals surface area contributed by atoms with Gasteiger partial charge in [0.2, 0.25) is 0 Å². The maximum Gasteiger partial charge on any atom is 0.199 e. The summed E-state index contributed by atoms with van der Waals surface area (Å²) in [5.41, 5.74) is 1.40. The molecule has 1 atom stereocenters. The molecule has 0 bridgehead atoms. The first-order chi connectivity index (χ1) is 9.09. The molecule has 1 aliphatic rings. The largest absolute Gasteiger partial charge is 0.272 e. The molecule has 1 heterocycles. The minimum Gasteiger partial charge on any atom is -0.272 e. The van der Waals surface area contributed by atoms with E-state index in [4.69, 9.17) is 12.2 Å². The highest BCUT2D eigenvalue weighted by molar-refractivity contribution is 7.71. The molecule has 0 spiro atoms. The molecule has 2 aromatic rings. The Kier molecular flexibility index (Phi) is 3.05. The van der Waals surface area contributed by atoms with Crippen LogP contribution in [0.1, 0.15) is 44.9 Å². The molecule has 0 radical (unpaired) electrons. The molecular formula is C15H19N3S. The number of aromatic nitrogens is 3. The average molecular weight is 273 g/mol. The Hall–Kier alpha value is -1.42. The second-order valence-electron chi connectivity index (χ2n) is 5.99. The van der Waals surface area contributed by atoms with Gasteiger partial charge in [0.15, 0.2) is 4.77 Å². The fourth-order valence-electron chi connectivity index (χ4n) is 3.17. The van der Waals surface area contributed by atoms with Gasteiger partial charge in [-0.15, -0.1) is 0 Å². The summed E-state index contributed by atoms with van der Waals surface area (Å²) in [6.45, 7) is 4.66. The lowest BCUT2D eigenvalue weighted by molar-refractivity contribution is 0.319. The summed E-state index contributed by atoms with van der Waals surface area (Å²) in [6.07, 6.45) is 3.72. The van der Waals surface area contributed by atoms with Crippen LogP contribution in [-0.2, 0) is 0 Å². The Bertz CT molecular complexity index is 624. The molecular weight excluding hydrogens is 254 g/mol. The second-order valence-corrected chi connectivity index (χ2v) is 6.38. The SMILES string of the molecule is CC1(C)CCCC1c1n[nH]c(=S)n1-c1ccccc1. The van der Waals surface area contributed by atoms with Crippen LogP contribution in [0.3, 0.4) is 0 Å². The lowest BCUT2D eigenvalue weighted by Crippen LogP contribution is -2.19. The summed E-state index contributed by atoms with van der Waals surface area (Å²) in [5.74, 6) is 1.55. The average Bonchev–Trinajstić information content (AvgIpc) is 2.92. The number of nitrogens with one attached hydrogen (secondary N) is 1. The van der Waals surface area contributed by atoms with Crippen molar-refractivity contribution in [1.82, 2.24) is 14.8 Å². The van der Waals surface area contributed by atoms with Crippen molar-refractivity contribution in [2.24, 2.45) is 5.41 Å². The Morgan fingerprint density at radius 1 is 1.32 bits per heavy atom. The molecule has 3 nitrogen and oxygen atoms in total. The minimum absolute atomic E-state index is 0.299. The van der Waals surface area contributed by atoms with Crippen molar-refractivity contribution in [3.63, 3.8) is 0 Å². The van der Waals surface area contributed by atoms with Gasteiger partial charge in [-0.1, -0.05) is 38.5 Å². The highest BCUT2D eigenvalue weighted by Crippen LogP contribution is 2.48. The first-order valence-corrected chi connectivity index (χ1v) is 7.23. The maximum atomic E-state index is 5.41. The summed E-state index contributed by atoms with van der Waals surface area (Å²) < 4.78 is 2.77. The summed E-state index contributed by atoms with van der Waals surface area (Å²) in [7, 11) is 0. The van der Waals surface area contributed by atoms with Gasteiger partial charge in [-0.2, -0.15) is 5.10 Å². The summed E-state index contributed by atoms with van der Waals surface area (Å²) in [6, 6.07) is 10.3. The lowest BCUT2D eigenvalue weighted by Gasteiger charge is -2.26.